The van der Waals surface area contributed by atoms with Gasteiger partial charge in [0.2, 0.25) is 0 Å². The molecule has 0 unspecified atom stereocenters. The van der Waals surface area contributed by atoms with Crippen LogP contribution in [0.2, 0.25) is 5.02 Å². The minimum absolute atomic E-state index is 0.0208. The predicted molar refractivity (Wildman–Crippen MR) is 123 cm³/mol. The summed E-state index contributed by atoms with van der Waals surface area (Å²) in [6, 6.07) is 16.7. The van der Waals surface area contributed by atoms with Gasteiger partial charge in [-0.1, -0.05) is 50.6 Å². The molecule has 5 nitrogen and oxygen atoms in total. The maximum Gasteiger partial charge on any atom is 0.251 e. The normalized spacial score (nSPS) is 12.9. The van der Waals surface area contributed by atoms with Crippen LogP contribution in [0.1, 0.15) is 47.5 Å². The highest BCUT2D eigenvalue weighted by molar-refractivity contribution is 7.91. The molecule has 1 heterocycles. The highest BCUT2D eigenvalue weighted by Gasteiger charge is 2.30. The van der Waals surface area contributed by atoms with Crippen molar-refractivity contribution >= 4 is 27.3 Å². The number of nitrogens with one attached hydrogen (secondary N) is 1. The van der Waals surface area contributed by atoms with Crippen LogP contribution in [0, 0.1) is 0 Å². The SMILES string of the molecule is CC(C)(C)c1ccc(C(=O)NC[C@@H](c2cccnc2)S(=O)(=O)c2ccc(Cl)cc2)cc1. The molecule has 0 bridgehead atoms. The van der Waals surface area contributed by atoms with Gasteiger partial charge in [-0.15, -0.1) is 0 Å². The molecule has 31 heavy (non-hydrogen) atoms. The van der Waals surface area contributed by atoms with Crippen molar-refractivity contribution in [2.75, 3.05) is 6.54 Å². The minimum Gasteiger partial charge on any atom is -0.350 e. The van der Waals surface area contributed by atoms with Crippen LogP contribution in [-0.4, -0.2) is 25.9 Å². The summed E-state index contributed by atoms with van der Waals surface area (Å²) >= 11 is 5.91. The first-order valence-electron chi connectivity index (χ1n) is 9.87. The topological polar surface area (TPSA) is 76.1 Å². The fraction of sp³-hybridized carbons (Fsp3) is 0.250. The average Bonchev–Trinajstić information content (AvgIpc) is 2.74. The second-order valence-electron chi connectivity index (χ2n) is 8.31. The van der Waals surface area contributed by atoms with Gasteiger partial charge in [0.1, 0.15) is 5.25 Å². The van der Waals surface area contributed by atoms with Crippen LogP contribution in [0.4, 0.5) is 0 Å². The molecule has 0 saturated carbocycles. The second kappa shape index (κ2) is 9.20. The molecule has 0 fully saturated rings. The molecular formula is C24H25ClN2O3S. The van der Waals surface area contributed by atoms with Crippen molar-refractivity contribution in [1.29, 1.82) is 0 Å². The largest absolute Gasteiger partial charge is 0.350 e. The van der Waals surface area contributed by atoms with Crippen molar-refractivity contribution in [3.8, 4) is 0 Å². The molecule has 1 aromatic heterocycles. The number of sulfone groups is 1. The first-order valence-corrected chi connectivity index (χ1v) is 11.8. The lowest BCUT2D eigenvalue weighted by Gasteiger charge is -2.20. The maximum absolute atomic E-state index is 13.3. The predicted octanol–water partition coefficient (Wildman–Crippen LogP) is 4.98. The van der Waals surface area contributed by atoms with Gasteiger partial charge in [0.15, 0.2) is 9.84 Å². The van der Waals surface area contributed by atoms with Gasteiger partial charge in [0.25, 0.3) is 5.91 Å². The molecule has 0 radical (unpaired) electrons. The summed E-state index contributed by atoms with van der Waals surface area (Å²) in [5.74, 6) is -0.333. The number of aromatic nitrogens is 1. The van der Waals surface area contributed by atoms with Crippen LogP contribution in [0.25, 0.3) is 0 Å². The lowest BCUT2D eigenvalue weighted by atomic mass is 9.87. The summed E-state index contributed by atoms with van der Waals surface area (Å²) in [4.78, 5) is 16.9. The van der Waals surface area contributed by atoms with E-state index in [0.717, 1.165) is 5.56 Å². The average molecular weight is 457 g/mol. The van der Waals surface area contributed by atoms with Crippen LogP contribution >= 0.6 is 11.6 Å². The number of pyridine rings is 1. The Morgan fingerprint density at radius 3 is 2.23 bits per heavy atom. The minimum atomic E-state index is -3.79. The third-order valence-electron chi connectivity index (χ3n) is 5.03. The van der Waals surface area contributed by atoms with E-state index in [1.165, 1.54) is 30.5 Å². The molecular weight excluding hydrogens is 432 g/mol. The van der Waals surface area contributed by atoms with E-state index in [1.54, 1.807) is 30.5 Å². The van der Waals surface area contributed by atoms with Gasteiger partial charge in [-0.2, -0.15) is 0 Å². The molecule has 1 amide bonds. The molecule has 162 valence electrons. The number of hydrogen-bond acceptors (Lipinski definition) is 4. The highest BCUT2D eigenvalue weighted by Crippen LogP contribution is 2.29. The fourth-order valence-corrected chi connectivity index (χ4v) is 4.94. The van der Waals surface area contributed by atoms with Gasteiger partial charge < -0.3 is 5.32 Å². The number of rotatable bonds is 6. The Kier molecular flexibility index (Phi) is 6.82. The Balaban J connectivity index is 1.84. The number of amides is 1. The Bertz CT molecular complexity index is 1140. The smallest absolute Gasteiger partial charge is 0.251 e. The molecule has 2 aromatic carbocycles. The van der Waals surface area contributed by atoms with E-state index >= 15 is 0 Å². The molecule has 3 aromatic rings. The zero-order chi connectivity index (χ0) is 22.6. The molecule has 7 heteroatoms. The zero-order valence-corrected chi connectivity index (χ0v) is 19.2. The van der Waals surface area contributed by atoms with E-state index in [1.807, 2.05) is 12.1 Å². The van der Waals surface area contributed by atoms with Crippen molar-refractivity contribution in [2.45, 2.75) is 36.3 Å². The quantitative estimate of drug-likeness (QED) is 0.567. The number of benzene rings is 2. The zero-order valence-electron chi connectivity index (χ0n) is 17.7. The van der Waals surface area contributed by atoms with E-state index in [0.29, 0.717) is 16.1 Å². The van der Waals surface area contributed by atoms with Crippen molar-refractivity contribution in [1.82, 2.24) is 10.3 Å². The first kappa shape index (κ1) is 23.0. The number of carbonyl (C=O) groups excluding carboxylic acids is 1. The van der Waals surface area contributed by atoms with Gasteiger partial charge in [-0.3, -0.25) is 9.78 Å². The summed E-state index contributed by atoms with van der Waals surface area (Å²) in [6.45, 7) is 6.21. The van der Waals surface area contributed by atoms with E-state index < -0.39 is 15.1 Å². The third-order valence-corrected chi connectivity index (χ3v) is 7.40. The summed E-state index contributed by atoms with van der Waals surface area (Å²) in [6.07, 6.45) is 3.08. The highest BCUT2D eigenvalue weighted by atomic mass is 35.5. The summed E-state index contributed by atoms with van der Waals surface area (Å²) in [5.41, 5.74) is 2.07. The monoisotopic (exact) mass is 456 g/mol. The van der Waals surface area contributed by atoms with Gasteiger partial charge in [-0.05, 0) is 59.0 Å². The molecule has 0 spiro atoms. The van der Waals surface area contributed by atoms with Gasteiger partial charge >= 0.3 is 0 Å². The third kappa shape index (κ3) is 5.51. The number of halogens is 1. The maximum atomic E-state index is 13.3. The van der Waals surface area contributed by atoms with Crippen molar-refractivity contribution in [3.05, 3.63) is 94.8 Å². The standard InChI is InChI=1S/C24H25ClN2O3S/c1-24(2,3)19-8-6-17(7-9-19)23(28)27-16-22(18-5-4-14-26-15-18)31(29,30)21-12-10-20(25)11-13-21/h4-15,22H,16H2,1-3H3,(H,27,28)/t22-/m0/s1. The van der Waals surface area contributed by atoms with E-state index in [-0.39, 0.29) is 22.8 Å². The molecule has 3 rings (SSSR count). The van der Waals surface area contributed by atoms with Crippen molar-refractivity contribution in [2.24, 2.45) is 0 Å². The van der Waals surface area contributed by atoms with Crippen LogP contribution in [0.5, 0.6) is 0 Å². The number of carbonyl (C=O) groups is 1. The molecule has 0 aliphatic heterocycles. The second-order valence-corrected chi connectivity index (χ2v) is 10.9. The van der Waals surface area contributed by atoms with Crippen LogP contribution < -0.4 is 5.32 Å². The first-order chi connectivity index (χ1) is 14.6. The number of hydrogen-bond donors (Lipinski definition) is 1. The van der Waals surface area contributed by atoms with E-state index in [4.69, 9.17) is 11.6 Å². The van der Waals surface area contributed by atoms with Crippen molar-refractivity contribution in [3.63, 3.8) is 0 Å². The Hall–Kier alpha value is -2.70. The number of nitrogens with zero attached hydrogens (tertiary/aromatic N) is 1. The molecule has 0 aliphatic rings. The summed E-state index contributed by atoms with van der Waals surface area (Å²) in [5, 5.41) is 2.23. The van der Waals surface area contributed by atoms with Crippen molar-refractivity contribution < 1.29 is 13.2 Å². The Morgan fingerprint density at radius 2 is 1.68 bits per heavy atom. The molecule has 0 saturated heterocycles. The fourth-order valence-electron chi connectivity index (χ4n) is 3.17. The lowest BCUT2D eigenvalue weighted by Crippen LogP contribution is -2.32. The Morgan fingerprint density at radius 1 is 1.03 bits per heavy atom. The Labute approximate surface area is 188 Å². The summed E-state index contributed by atoms with van der Waals surface area (Å²) < 4.78 is 26.7. The van der Waals surface area contributed by atoms with E-state index in [2.05, 4.69) is 31.1 Å². The summed E-state index contributed by atoms with van der Waals surface area (Å²) in [7, 11) is -3.79. The molecule has 1 N–H and O–H groups in total. The molecule has 1 atom stereocenters. The van der Waals surface area contributed by atoms with Gasteiger partial charge in [0, 0.05) is 29.5 Å². The van der Waals surface area contributed by atoms with E-state index in [9.17, 15) is 13.2 Å². The van der Waals surface area contributed by atoms with Crippen LogP contribution in [-0.2, 0) is 15.3 Å². The lowest BCUT2D eigenvalue weighted by molar-refractivity contribution is 0.0953. The van der Waals surface area contributed by atoms with Crippen LogP contribution in [0.3, 0.4) is 0 Å². The van der Waals surface area contributed by atoms with Gasteiger partial charge in [0.05, 0.1) is 4.90 Å². The van der Waals surface area contributed by atoms with Gasteiger partial charge in [-0.25, -0.2) is 8.42 Å². The van der Waals surface area contributed by atoms with Crippen LogP contribution in [0.15, 0.2) is 78.0 Å². The molecule has 0 aliphatic carbocycles.